The van der Waals surface area contributed by atoms with Crippen molar-refractivity contribution in [3.05, 3.63) is 72.1 Å². The van der Waals surface area contributed by atoms with Crippen LogP contribution in [0.5, 0.6) is 0 Å². The van der Waals surface area contributed by atoms with E-state index < -0.39 is 24.0 Å². The number of fused-ring (bicyclic) bond motifs is 1. The van der Waals surface area contributed by atoms with Gasteiger partial charge in [-0.2, -0.15) is 0 Å². The van der Waals surface area contributed by atoms with Crippen LogP contribution in [0.2, 0.25) is 0 Å². The molecule has 3 rings (SSSR count). The summed E-state index contributed by atoms with van der Waals surface area (Å²) in [4.78, 5) is 45.2. The molecule has 1 heterocycles. The number of ether oxygens (including phenoxy) is 1. The molecule has 1 atom stereocenters. The quantitative estimate of drug-likeness (QED) is 0.660. The van der Waals surface area contributed by atoms with E-state index in [2.05, 4.69) is 20.6 Å². The van der Waals surface area contributed by atoms with Crippen LogP contribution in [0.4, 0.5) is 4.79 Å². The van der Waals surface area contributed by atoms with Crippen LogP contribution in [-0.2, 0) is 9.53 Å². The van der Waals surface area contributed by atoms with E-state index in [4.69, 9.17) is 4.74 Å². The van der Waals surface area contributed by atoms with Crippen LogP contribution in [-0.4, -0.2) is 34.4 Å². The van der Waals surface area contributed by atoms with Crippen LogP contribution < -0.4 is 10.6 Å². The Balaban J connectivity index is 1.84. The molecular formula is C20H18N4O4. The van der Waals surface area contributed by atoms with Gasteiger partial charge in [0.2, 0.25) is 6.10 Å². The largest absolute Gasteiger partial charge is 0.444 e. The number of hydrogen-bond donors (Lipinski definition) is 2. The number of nitrogens with one attached hydrogen (secondary N) is 2. The summed E-state index contributed by atoms with van der Waals surface area (Å²) in [6, 6.07) is 12.5. The highest BCUT2D eigenvalue weighted by molar-refractivity contribution is 5.99. The van der Waals surface area contributed by atoms with Crippen molar-refractivity contribution in [2.24, 2.45) is 0 Å². The minimum Gasteiger partial charge on any atom is -0.444 e. The summed E-state index contributed by atoms with van der Waals surface area (Å²) in [6.07, 6.45) is 1.79. The maximum absolute atomic E-state index is 12.6. The summed E-state index contributed by atoms with van der Waals surface area (Å²) < 4.78 is 5.43. The molecule has 1 aromatic heterocycles. The predicted octanol–water partition coefficient (Wildman–Crippen LogP) is 2.37. The molecule has 28 heavy (non-hydrogen) atoms. The fourth-order valence-corrected chi connectivity index (χ4v) is 2.55. The summed E-state index contributed by atoms with van der Waals surface area (Å²) in [5, 5.41) is 4.64. The highest BCUT2D eigenvalue weighted by Gasteiger charge is 2.27. The first kappa shape index (κ1) is 19.0. The van der Waals surface area contributed by atoms with Crippen molar-refractivity contribution in [2.75, 3.05) is 6.54 Å². The van der Waals surface area contributed by atoms with Crippen LogP contribution in [0.25, 0.3) is 11.0 Å². The van der Waals surface area contributed by atoms with Gasteiger partial charge in [-0.05, 0) is 25.1 Å². The summed E-state index contributed by atoms with van der Waals surface area (Å²) in [6.45, 7) is 2.08. The summed E-state index contributed by atoms with van der Waals surface area (Å²) >= 11 is 0. The molecule has 3 aromatic rings. The average molecular weight is 378 g/mol. The number of amides is 3. The third kappa shape index (κ3) is 4.47. The second-order valence-electron chi connectivity index (χ2n) is 5.80. The lowest BCUT2D eigenvalue weighted by Gasteiger charge is -2.17. The zero-order chi connectivity index (χ0) is 19.9. The van der Waals surface area contributed by atoms with Gasteiger partial charge >= 0.3 is 12.0 Å². The molecule has 8 nitrogen and oxygen atoms in total. The number of benzene rings is 2. The van der Waals surface area contributed by atoms with Crippen molar-refractivity contribution < 1.29 is 19.1 Å². The first-order chi connectivity index (χ1) is 13.6. The van der Waals surface area contributed by atoms with Gasteiger partial charge in [-0.3, -0.25) is 20.1 Å². The van der Waals surface area contributed by atoms with E-state index in [0.717, 1.165) is 0 Å². The Morgan fingerprint density at radius 3 is 2.43 bits per heavy atom. The second-order valence-corrected chi connectivity index (χ2v) is 5.80. The fraction of sp³-hybridized carbons (Fsp3) is 0.150. The third-order valence-electron chi connectivity index (χ3n) is 3.84. The van der Waals surface area contributed by atoms with E-state index in [1.165, 1.54) is 12.3 Å². The van der Waals surface area contributed by atoms with E-state index in [-0.39, 0.29) is 5.56 Å². The van der Waals surface area contributed by atoms with Gasteiger partial charge in [-0.25, -0.2) is 9.59 Å². The highest BCUT2D eigenvalue weighted by atomic mass is 16.5. The second kappa shape index (κ2) is 8.72. The molecule has 3 amide bonds. The van der Waals surface area contributed by atoms with Gasteiger partial charge in [0.25, 0.3) is 5.91 Å². The van der Waals surface area contributed by atoms with E-state index in [0.29, 0.717) is 23.1 Å². The van der Waals surface area contributed by atoms with Gasteiger partial charge in [0.05, 0.1) is 16.6 Å². The number of rotatable bonds is 5. The molecule has 0 bridgehead atoms. The predicted molar refractivity (Wildman–Crippen MR) is 101 cm³/mol. The highest BCUT2D eigenvalue weighted by Crippen LogP contribution is 2.21. The maximum atomic E-state index is 12.6. The maximum Gasteiger partial charge on any atom is 0.339 e. The molecule has 0 aliphatic heterocycles. The Kier molecular flexibility index (Phi) is 5.91. The smallest absolute Gasteiger partial charge is 0.339 e. The normalized spacial score (nSPS) is 11.5. The van der Waals surface area contributed by atoms with Crippen molar-refractivity contribution in [2.45, 2.75) is 13.0 Å². The molecule has 142 valence electrons. The Morgan fingerprint density at radius 2 is 1.71 bits per heavy atom. The Bertz CT molecular complexity index is 1010. The van der Waals surface area contributed by atoms with Crippen LogP contribution >= 0.6 is 0 Å². The molecule has 0 fully saturated rings. The average Bonchev–Trinajstić information content (AvgIpc) is 2.72. The SMILES string of the molecule is CCNC(=O)NC(=O)[C@H](OC(=O)c1ccc2nccnc2c1)c1ccccc1. The zero-order valence-corrected chi connectivity index (χ0v) is 15.1. The molecular weight excluding hydrogens is 360 g/mol. The van der Waals surface area contributed by atoms with Crippen LogP contribution in [0, 0.1) is 0 Å². The standard InChI is InChI=1S/C20H18N4O4/c1-2-21-20(27)24-18(25)17(13-6-4-3-5-7-13)28-19(26)14-8-9-15-16(12-14)23-11-10-22-15/h3-12,17H,2H2,1H3,(H2,21,24,25,27)/t17-/m1/s1. The van der Waals surface area contributed by atoms with Gasteiger partial charge in [-0.15, -0.1) is 0 Å². The zero-order valence-electron chi connectivity index (χ0n) is 15.1. The lowest BCUT2D eigenvalue weighted by atomic mass is 10.1. The third-order valence-corrected chi connectivity index (χ3v) is 3.84. The number of hydrogen-bond acceptors (Lipinski definition) is 6. The molecule has 0 spiro atoms. The molecule has 0 aliphatic carbocycles. The fourth-order valence-electron chi connectivity index (χ4n) is 2.55. The number of imide groups is 1. The molecule has 0 aliphatic rings. The topological polar surface area (TPSA) is 110 Å². The van der Waals surface area contributed by atoms with Gasteiger partial charge in [-0.1, -0.05) is 30.3 Å². The van der Waals surface area contributed by atoms with Crippen molar-refractivity contribution in [3.8, 4) is 0 Å². The monoisotopic (exact) mass is 378 g/mol. The van der Waals surface area contributed by atoms with E-state index in [1.54, 1.807) is 55.6 Å². The lowest BCUT2D eigenvalue weighted by Crippen LogP contribution is -2.42. The summed E-state index contributed by atoms with van der Waals surface area (Å²) in [7, 11) is 0. The van der Waals surface area contributed by atoms with E-state index in [1.807, 2.05) is 0 Å². The number of carbonyl (C=O) groups excluding carboxylic acids is 3. The van der Waals surface area contributed by atoms with Gasteiger partial charge in [0.1, 0.15) is 0 Å². The van der Waals surface area contributed by atoms with Crippen molar-refractivity contribution in [1.82, 2.24) is 20.6 Å². The molecule has 0 radical (unpaired) electrons. The first-order valence-electron chi connectivity index (χ1n) is 8.64. The van der Waals surface area contributed by atoms with E-state index >= 15 is 0 Å². The number of urea groups is 1. The minimum absolute atomic E-state index is 0.222. The lowest BCUT2D eigenvalue weighted by molar-refractivity contribution is -0.129. The number of carbonyl (C=O) groups is 3. The molecule has 0 unspecified atom stereocenters. The van der Waals surface area contributed by atoms with Gasteiger partial charge < -0.3 is 10.1 Å². The molecule has 8 heteroatoms. The van der Waals surface area contributed by atoms with Crippen LogP contribution in [0.3, 0.4) is 0 Å². The molecule has 2 N–H and O–H groups in total. The van der Waals surface area contributed by atoms with Gasteiger partial charge in [0, 0.05) is 24.5 Å². The van der Waals surface area contributed by atoms with Crippen LogP contribution in [0.1, 0.15) is 28.9 Å². The summed E-state index contributed by atoms with van der Waals surface area (Å²) in [5.41, 5.74) is 1.82. The minimum atomic E-state index is -1.28. The summed E-state index contributed by atoms with van der Waals surface area (Å²) in [5.74, 6) is -1.46. The first-order valence-corrected chi connectivity index (χ1v) is 8.64. The van der Waals surface area contributed by atoms with E-state index in [9.17, 15) is 14.4 Å². The van der Waals surface area contributed by atoms with Crippen molar-refractivity contribution in [1.29, 1.82) is 0 Å². The molecule has 0 saturated heterocycles. The molecule has 2 aromatic carbocycles. The van der Waals surface area contributed by atoms with Gasteiger partial charge in [0.15, 0.2) is 0 Å². The Labute approximate surface area is 160 Å². The van der Waals surface area contributed by atoms with Crippen molar-refractivity contribution in [3.63, 3.8) is 0 Å². The molecule has 0 saturated carbocycles. The number of esters is 1. The Morgan fingerprint density at radius 1 is 1.00 bits per heavy atom. The number of nitrogens with zero attached hydrogens (tertiary/aromatic N) is 2. The Hall–Kier alpha value is -3.81. The number of aromatic nitrogens is 2. The van der Waals surface area contributed by atoms with Crippen molar-refractivity contribution >= 4 is 28.9 Å². The van der Waals surface area contributed by atoms with Crippen LogP contribution in [0.15, 0.2) is 60.9 Å².